The molecule has 0 fully saturated rings. The van der Waals surface area contributed by atoms with Crippen molar-refractivity contribution in [2.24, 2.45) is 0 Å². The maximum atomic E-state index is 9.60. The number of benzene rings is 2. The Kier molecular flexibility index (Phi) is 4.10. The largest absolute Gasteiger partial charge is 0.508 e. The van der Waals surface area contributed by atoms with Gasteiger partial charge in [-0.05, 0) is 50.6 Å². The van der Waals surface area contributed by atoms with E-state index in [-0.39, 0.29) is 6.04 Å². The van der Waals surface area contributed by atoms with Crippen LogP contribution in [-0.2, 0) is 0 Å². The minimum atomic E-state index is 0.236. The van der Waals surface area contributed by atoms with Crippen LogP contribution in [0.4, 0.5) is 5.69 Å². The summed E-state index contributed by atoms with van der Waals surface area (Å²) in [6.07, 6.45) is 0. The fraction of sp³-hybridized carbons (Fsp3) is 0.294. The van der Waals surface area contributed by atoms with Gasteiger partial charge in [0.15, 0.2) is 0 Å². The summed E-state index contributed by atoms with van der Waals surface area (Å²) in [5, 5.41) is 9.60. The first-order chi connectivity index (χ1) is 9.11. The van der Waals surface area contributed by atoms with Gasteiger partial charge >= 0.3 is 0 Å². The van der Waals surface area contributed by atoms with Crippen LogP contribution in [0.3, 0.4) is 0 Å². The molecule has 0 amide bonds. The summed E-state index contributed by atoms with van der Waals surface area (Å²) >= 11 is 0. The molecule has 0 aliphatic heterocycles. The molecular weight excluding hydrogens is 234 g/mol. The summed E-state index contributed by atoms with van der Waals surface area (Å²) in [5.74, 6) is 0.323. The quantitative estimate of drug-likeness (QED) is 0.881. The number of anilines is 1. The van der Waals surface area contributed by atoms with Crippen molar-refractivity contribution in [3.8, 4) is 5.75 Å². The molecule has 2 nitrogen and oxygen atoms in total. The number of phenolic OH excluding ortho intramolecular Hbond substituents is 1. The van der Waals surface area contributed by atoms with Crippen LogP contribution in [0.1, 0.15) is 31.0 Å². The van der Waals surface area contributed by atoms with Crippen molar-refractivity contribution in [1.29, 1.82) is 0 Å². The zero-order chi connectivity index (χ0) is 13.8. The van der Waals surface area contributed by atoms with Gasteiger partial charge in [0.05, 0.1) is 6.04 Å². The van der Waals surface area contributed by atoms with Gasteiger partial charge in [-0.15, -0.1) is 0 Å². The SMILES string of the molecule is CCN(c1ccc(C)cc1)C(C)c1cccc(O)c1. The number of nitrogens with zero attached hydrogens (tertiary/aromatic N) is 1. The molecule has 0 spiro atoms. The second-order valence-electron chi connectivity index (χ2n) is 4.89. The topological polar surface area (TPSA) is 23.5 Å². The first-order valence-corrected chi connectivity index (χ1v) is 6.74. The number of phenols is 1. The van der Waals surface area contributed by atoms with E-state index in [2.05, 4.69) is 56.0 Å². The normalized spacial score (nSPS) is 12.2. The molecule has 0 saturated carbocycles. The smallest absolute Gasteiger partial charge is 0.115 e. The van der Waals surface area contributed by atoms with E-state index >= 15 is 0 Å². The molecule has 0 aromatic heterocycles. The van der Waals surface area contributed by atoms with Crippen LogP contribution in [0.5, 0.6) is 5.75 Å². The number of aromatic hydroxyl groups is 1. The molecule has 0 aliphatic rings. The number of aryl methyl sites for hydroxylation is 1. The van der Waals surface area contributed by atoms with Crippen molar-refractivity contribution < 1.29 is 5.11 Å². The fourth-order valence-corrected chi connectivity index (χ4v) is 2.38. The number of hydrogen-bond donors (Lipinski definition) is 1. The van der Waals surface area contributed by atoms with Gasteiger partial charge in [0.2, 0.25) is 0 Å². The third-order valence-corrected chi connectivity index (χ3v) is 3.53. The Balaban J connectivity index is 2.28. The van der Waals surface area contributed by atoms with Gasteiger partial charge in [0, 0.05) is 12.2 Å². The Bertz CT molecular complexity index is 533. The second-order valence-corrected chi connectivity index (χ2v) is 4.89. The summed E-state index contributed by atoms with van der Waals surface area (Å²) in [4.78, 5) is 2.33. The van der Waals surface area contributed by atoms with Gasteiger partial charge in [-0.1, -0.05) is 29.8 Å². The van der Waals surface area contributed by atoms with Crippen LogP contribution < -0.4 is 4.90 Å². The van der Waals surface area contributed by atoms with E-state index < -0.39 is 0 Å². The second kappa shape index (κ2) is 5.79. The third-order valence-electron chi connectivity index (χ3n) is 3.53. The van der Waals surface area contributed by atoms with Crippen molar-refractivity contribution in [3.05, 3.63) is 59.7 Å². The molecule has 1 atom stereocenters. The molecule has 2 aromatic rings. The molecule has 0 heterocycles. The molecule has 2 heteroatoms. The maximum Gasteiger partial charge on any atom is 0.115 e. The summed E-state index contributed by atoms with van der Waals surface area (Å²) < 4.78 is 0. The van der Waals surface area contributed by atoms with E-state index in [1.807, 2.05) is 12.1 Å². The molecule has 2 rings (SSSR count). The van der Waals surface area contributed by atoms with E-state index in [1.54, 1.807) is 6.07 Å². The van der Waals surface area contributed by atoms with E-state index in [0.29, 0.717) is 5.75 Å². The Morgan fingerprint density at radius 2 is 1.79 bits per heavy atom. The zero-order valence-electron chi connectivity index (χ0n) is 11.8. The molecule has 0 aliphatic carbocycles. The standard InChI is InChI=1S/C17H21NO/c1-4-18(16-10-8-13(2)9-11-16)14(3)15-6-5-7-17(19)12-15/h5-12,14,19H,4H2,1-3H3. The molecule has 0 saturated heterocycles. The van der Waals surface area contributed by atoms with E-state index in [0.717, 1.165) is 12.1 Å². The Morgan fingerprint density at radius 1 is 1.11 bits per heavy atom. The highest BCUT2D eigenvalue weighted by atomic mass is 16.3. The molecule has 1 unspecified atom stereocenters. The predicted octanol–water partition coefficient (Wildman–Crippen LogP) is 4.29. The minimum Gasteiger partial charge on any atom is -0.508 e. The lowest BCUT2D eigenvalue weighted by Crippen LogP contribution is -2.26. The molecule has 1 N–H and O–H groups in total. The van der Waals surface area contributed by atoms with Gasteiger partial charge in [-0.3, -0.25) is 0 Å². The van der Waals surface area contributed by atoms with Crippen molar-refractivity contribution in [2.75, 3.05) is 11.4 Å². The highest BCUT2D eigenvalue weighted by Crippen LogP contribution is 2.28. The maximum absolute atomic E-state index is 9.60. The van der Waals surface area contributed by atoms with Crippen LogP contribution >= 0.6 is 0 Å². The van der Waals surface area contributed by atoms with Crippen LogP contribution in [0.2, 0.25) is 0 Å². The monoisotopic (exact) mass is 255 g/mol. The first-order valence-electron chi connectivity index (χ1n) is 6.74. The number of hydrogen-bond acceptors (Lipinski definition) is 2. The van der Waals surface area contributed by atoms with Crippen molar-refractivity contribution in [1.82, 2.24) is 0 Å². The number of rotatable bonds is 4. The Hall–Kier alpha value is -1.96. The highest BCUT2D eigenvalue weighted by Gasteiger charge is 2.14. The lowest BCUT2D eigenvalue weighted by Gasteiger charge is -2.30. The van der Waals surface area contributed by atoms with Crippen LogP contribution in [-0.4, -0.2) is 11.7 Å². The van der Waals surface area contributed by atoms with E-state index in [4.69, 9.17) is 0 Å². The third kappa shape index (κ3) is 3.08. The highest BCUT2D eigenvalue weighted by molar-refractivity contribution is 5.50. The first kappa shape index (κ1) is 13.5. The Labute approximate surface area is 115 Å². The molecule has 19 heavy (non-hydrogen) atoms. The lowest BCUT2D eigenvalue weighted by molar-refractivity contribution is 0.473. The van der Waals surface area contributed by atoms with Crippen LogP contribution in [0, 0.1) is 6.92 Å². The van der Waals surface area contributed by atoms with Gasteiger partial charge in [-0.2, -0.15) is 0 Å². The molecular formula is C17H21NO. The van der Waals surface area contributed by atoms with Gasteiger partial charge in [-0.25, -0.2) is 0 Å². The molecule has 0 bridgehead atoms. The Morgan fingerprint density at radius 3 is 2.37 bits per heavy atom. The summed E-state index contributed by atoms with van der Waals surface area (Å²) in [6.45, 7) is 7.34. The van der Waals surface area contributed by atoms with Crippen LogP contribution in [0.15, 0.2) is 48.5 Å². The average Bonchev–Trinajstić information content (AvgIpc) is 2.41. The zero-order valence-corrected chi connectivity index (χ0v) is 11.8. The molecule has 100 valence electrons. The van der Waals surface area contributed by atoms with E-state index in [9.17, 15) is 5.11 Å². The average molecular weight is 255 g/mol. The minimum absolute atomic E-state index is 0.236. The fourth-order valence-electron chi connectivity index (χ4n) is 2.38. The summed E-state index contributed by atoms with van der Waals surface area (Å²) in [6, 6.07) is 16.3. The van der Waals surface area contributed by atoms with Crippen molar-refractivity contribution in [3.63, 3.8) is 0 Å². The van der Waals surface area contributed by atoms with Gasteiger partial charge in [0.25, 0.3) is 0 Å². The summed E-state index contributed by atoms with van der Waals surface area (Å²) in [5.41, 5.74) is 3.61. The van der Waals surface area contributed by atoms with Crippen LogP contribution in [0.25, 0.3) is 0 Å². The van der Waals surface area contributed by atoms with Crippen molar-refractivity contribution in [2.45, 2.75) is 26.8 Å². The lowest BCUT2D eigenvalue weighted by atomic mass is 10.1. The van der Waals surface area contributed by atoms with Gasteiger partial charge < -0.3 is 10.0 Å². The molecule has 0 radical (unpaired) electrons. The predicted molar refractivity (Wildman–Crippen MR) is 80.7 cm³/mol. The van der Waals surface area contributed by atoms with Gasteiger partial charge in [0.1, 0.15) is 5.75 Å². The van der Waals surface area contributed by atoms with E-state index in [1.165, 1.54) is 11.3 Å². The molecule has 2 aromatic carbocycles. The summed E-state index contributed by atoms with van der Waals surface area (Å²) in [7, 11) is 0. The van der Waals surface area contributed by atoms with Crippen molar-refractivity contribution >= 4 is 5.69 Å².